The maximum Gasteiger partial charge on any atom is 0.241 e. The topological polar surface area (TPSA) is 91.4 Å². The molecule has 162 valence electrons. The Hall–Kier alpha value is -3.04. The number of hydrogen-bond donors (Lipinski definition) is 1. The number of pyridine rings is 1. The average Bonchev–Trinajstić information content (AvgIpc) is 3.30. The summed E-state index contributed by atoms with van der Waals surface area (Å²) in [5.41, 5.74) is 4.52. The van der Waals surface area contributed by atoms with Crippen LogP contribution in [0.15, 0.2) is 30.6 Å². The van der Waals surface area contributed by atoms with Crippen LogP contribution in [0.1, 0.15) is 25.6 Å². The Kier molecular flexibility index (Phi) is 5.29. The van der Waals surface area contributed by atoms with E-state index in [-0.39, 0.29) is 0 Å². The van der Waals surface area contributed by atoms with Gasteiger partial charge in [-0.3, -0.25) is 0 Å². The summed E-state index contributed by atoms with van der Waals surface area (Å²) >= 11 is 0. The molecule has 1 fully saturated rings. The molecule has 31 heavy (non-hydrogen) atoms. The van der Waals surface area contributed by atoms with Gasteiger partial charge in [0.15, 0.2) is 5.65 Å². The number of nitrogens with zero attached hydrogens (tertiary/aromatic N) is 6. The number of rotatable bonds is 8. The first-order valence-corrected chi connectivity index (χ1v) is 10.7. The zero-order valence-electron chi connectivity index (χ0n) is 18.1. The number of imidazole rings is 1. The second kappa shape index (κ2) is 8.24. The van der Waals surface area contributed by atoms with E-state index in [0.29, 0.717) is 24.7 Å². The van der Waals surface area contributed by atoms with E-state index in [9.17, 15) is 0 Å². The molecule has 4 aromatic rings. The van der Waals surface area contributed by atoms with E-state index < -0.39 is 0 Å². The third-order valence-electron chi connectivity index (χ3n) is 5.83. The van der Waals surface area contributed by atoms with Crippen molar-refractivity contribution >= 4 is 22.6 Å². The van der Waals surface area contributed by atoms with Crippen LogP contribution in [-0.4, -0.2) is 61.6 Å². The first-order chi connectivity index (χ1) is 15.2. The zero-order valence-corrected chi connectivity index (χ0v) is 18.1. The molecule has 0 aliphatic heterocycles. The van der Waals surface area contributed by atoms with Gasteiger partial charge < -0.3 is 19.4 Å². The standard InChI is InChI=1S/C22H27N7O2/c1-4-31-16-11-15(12-16)25-22-23-13-20-17(7-8-29(20)27-22)18-5-6-19-21(26-18)28(9-10-30-3)14(2)24-19/h5-8,13,15-16H,4,9-12H2,1-3H3,(H,25,27)/t15-,16+. The molecular weight excluding hydrogens is 394 g/mol. The van der Waals surface area contributed by atoms with Gasteiger partial charge in [-0.25, -0.2) is 19.5 Å². The molecule has 9 nitrogen and oxygen atoms in total. The van der Waals surface area contributed by atoms with Crippen LogP contribution >= 0.6 is 0 Å². The van der Waals surface area contributed by atoms with Crippen LogP contribution in [0.25, 0.3) is 27.9 Å². The highest BCUT2D eigenvalue weighted by atomic mass is 16.5. The number of ether oxygens (including phenoxy) is 2. The van der Waals surface area contributed by atoms with Crippen LogP contribution < -0.4 is 5.32 Å². The normalized spacial score (nSPS) is 18.5. The van der Waals surface area contributed by atoms with Crippen LogP contribution in [0.5, 0.6) is 0 Å². The number of anilines is 1. The van der Waals surface area contributed by atoms with Crippen molar-refractivity contribution in [1.29, 1.82) is 0 Å². The van der Waals surface area contributed by atoms with Crippen molar-refractivity contribution in [3.8, 4) is 11.3 Å². The number of fused-ring (bicyclic) bond motifs is 2. The Bertz CT molecular complexity index is 1210. The first-order valence-electron chi connectivity index (χ1n) is 10.7. The van der Waals surface area contributed by atoms with Crippen molar-refractivity contribution < 1.29 is 9.47 Å². The van der Waals surface area contributed by atoms with Crippen molar-refractivity contribution in [3.05, 3.63) is 36.4 Å². The third kappa shape index (κ3) is 3.75. The Morgan fingerprint density at radius 1 is 1.19 bits per heavy atom. The Morgan fingerprint density at radius 3 is 2.87 bits per heavy atom. The minimum atomic E-state index is 0.353. The molecule has 0 bridgehead atoms. The molecule has 1 aliphatic carbocycles. The second-order valence-electron chi connectivity index (χ2n) is 7.87. The molecule has 0 radical (unpaired) electrons. The molecular formula is C22H27N7O2. The highest BCUT2D eigenvalue weighted by molar-refractivity contribution is 5.82. The van der Waals surface area contributed by atoms with E-state index >= 15 is 0 Å². The van der Waals surface area contributed by atoms with Crippen LogP contribution in [0.2, 0.25) is 0 Å². The van der Waals surface area contributed by atoms with Gasteiger partial charge in [-0.15, -0.1) is 5.10 Å². The fourth-order valence-electron chi connectivity index (χ4n) is 4.14. The maximum absolute atomic E-state index is 5.62. The summed E-state index contributed by atoms with van der Waals surface area (Å²) in [7, 11) is 1.70. The van der Waals surface area contributed by atoms with E-state index in [1.54, 1.807) is 7.11 Å². The lowest BCUT2D eigenvalue weighted by Gasteiger charge is -2.35. The highest BCUT2D eigenvalue weighted by Crippen LogP contribution is 2.28. The second-order valence-corrected chi connectivity index (χ2v) is 7.87. The minimum Gasteiger partial charge on any atom is -0.383 e. The lowest BCUT2D eigenvalue weighted by molar-refractivity contribution is 0.00283. The number of methoxy groups -OCH3 is 1. The van der Waals surface area contributed by atoms with Crippen molar-refractivity contribution in [3.63, 3.8) is 0 Å². The average molecular weight is 422 g/mol. The predicted molar refractivity (Wildman–Crippen MR) is 118 cm³/mol. The van der Waals surface area contributed by atoms with Gasteiger partial charge in [0.25, 0.3) is 0 Å². The van der Waals surface area contributed by atoms with Crippen molar-refractivity contribution in [1.82, 2.24) is 29.1 Å². The fraction of sp³-hybridized carbons (Fsp3) is 0.455. The van der Waals surface area contributed by atoms with E-state index in [4.69, 9.17) is 14.5 Å². The van der Waals surface area contributed by atoms with E-state index in [0.717, 1.165) is 59.8 Å². The smallest absolute Gasteiger partial charge is 0.241 e. The summed E-state index contributed by atoms with van der Waals surface area (Å²) in [6.07, 6.45) is 6.13. The van der Waals surface area contributed by atoms with Gasteiger partial charge in [-0.2, -0.15) is 0 Å². The van der Waals surface area contributed by atoms with E-state index in [1.165, 1.54) is 0 Å². The quantitative estimate of drug-likeness (QED) is 0.467. The summed E-state index contributed by atoms with van der Waals surface area (Å²) in [6.45, 7) is 6.12. The van der Waals surface area contributed by atoms with Crippen LogP contribution in [0, 0.1) is 6.92 Å². The fourth-order valence-corrected chi connectivity index (χ4v) is 4.14. The number of aromatic nitrogens is 6. The largest absolute Gasteiger partial charge is 0.383 e. The number of aryl methyl sites for hydroxylation is 1. The van der Waals surface area contributed by atoms with Crippen molar-refractivity contribution in [2.75, 3.05) is 25.6 Å². The lowest BCUT2D eigenvalue weighted by atomic mass is 9.89. The molecule has 1 aliphatic rings. The third-order valence-corrected chi connectivity index (χ3v) is 5.83. The Balaban J connectivity index is 1.41. The first kappa shape index (κ1) is 19.9. The van der Waals surface area contributed by atoms with Gasteiger partial charge in [-0.05, 0) is 44.9 Å². The lowest BCUT2D eigenvalue weighted by Crippen LogP contribution is -2.41. The Morgan fingerprint density at radius 2 is 2.06 bits per heavy atom. The molecule has 0 unspecified atom stereocenters. The summed E-state index contributed by atoms with van der Waals surface area (Å²) in [5.74, 6) is 1.56. The predicted octanol–water partition coefficient (Wildman–Crippen LogP) is 3.08. The van der Waals surface area contributed by atoms with Gasteiger partial charge in [0, 0.05) is 38.1 Å². The van der Waals surface area contributed by atoms with E-state index in [2.05, 4.69) is 25.0 Å². The molecule has 1 N–H and O–H groups in total. The number of hydrogen-bond acceptors (Lipinski definition) is 7. The summed E-state index contributed by atoms with van der Waals surface area (Å²) in [5, 5.41) is 8.03. The van der Waals surface area contributed by atoms with Crippen LogP contribution in [0.3, 0.4) is 0 Å². The summed E-state index contributed by atoms with van der Waals surface area (Å²) in [6, 6.07) is 6.40. The molecule has 0 amide bonds. The molecule has 5 rings (SSSR count). The molecule has 9 heteroatoms. The van der Waals surface area contributed by atoms with Gasteiger partial charge in [0.05, 0.1) is 30.1 Å². The molecule has 0 aromatic carbocycles. The molecule has 0 spiro atoms. The highest BCUT2D eigenvalue weighted by Gasteiger charge is 2.30. The van der Waals surface area contributed by atoms with Gasteiger partial charge in [0.1, 0.15) is 11.3 Å². The van der Waals surface area contributed by atoms with Gasteiger partial charge in [-0.1, -0.05) is 0 Å². The van der Waals surface area contributed by atoms with Crippen LogP contribution in [-0.2, 0) is 16.0 Å². The Labute approximate surface area is 180 Å². The molecule has 1 saturated carbocycles. The van der Waals surface area contributed by atoms with Crippen molar-refractivity contribution in [2.24, 2.45) is 0 Å². The SMILES string of the molecule is CCO[C@H]1C[C@@H](Nc2ncc3c(-c4ccc5nc(C)n(CCOC)c5n4)ccn3n2)C1. The molecule has 4 aromatic heterocycles. The summed E-state index contributed by atoms with van der Waals surface area (Å²) in [4.78, 5) is 14.1. The molecule has 0 saturated heterocycles. The zero-order chi connectivity index (χ0) is 21.4. The van der Waals surface area contributed by atoms with Crippen molar-refractivity contribution in [2.45, 2.75) is 45.4 Å². The molecule has 0 atom stereocenters. The van der Waals surface area contributed by atoms with Gasteiger partial charge in [0.2, 0.25) is 5.95 Å². The summed E-state index contributed by atoms with van der Waals surface area (Å²) < 4.78 is 14.8. The minimum absolute atomic E-state index is 0.353. The van der Waals surface area contributed by atoms with Crippen LogP contribution in [0.4, 0.5) is 5.95 Å². The monoisotopic (exact) mass is 421 g/mol. The number of nitrogens with one attached hydrogen (secondary N) is 1. The van der Waals surface area contributed by atoms with E-state index in [1.807, 2.05) is 49.0 Å². The van der Waals surface area contributed by atoms with Gasteiger partial charge >= 0.3 is 0 Å². The maximum atomic E-state index is 5.62. The molecule has 4 heterocycles.